The number of amides is 1. The first-order valence-electron chi connectivity index (χ1n) is 6.04. The first-order chi connectivity index (χ1) is 9.24. The molecule has 1 aliphatic rings. The number of halogens is 1. The average molecular weight is 290 g/mol. The van der Waals surface area contributed by atoms with Gasteiger partial charge in [0.25, 0.3) is 0 Å². The number of fused-ring (bicyclic) bond motifs is 1. The van der Waals surface area contributed by atoms with E-state index in [4.69, 9.17) is 11.6 Å². The lowest BCUT2D eigenvalue weighted by molar-refractivity contribution is -0.116. The third-order valence-corrected chi connectivity index (χ3v) is 4.71. The number of anilines is 1. The van der Waals surface area contributed by atoms with Crippen LogP contribution >= 0.6 is 23.4 Å². The lowest BCUT2D eigenvalue weighted by Gasteiger charge is -2.14. The maximum atomic E-state index is 12.0. The van der Waals surface area contributed by atoms with Crippen molar-refractivity contribution in [2.24, 2.45) is 0 Å². The number of hydrogen-bond acceptors (Lipinski definition) is 2. The summed E-state index contributed by atoms with van der Waals surface area (Å²) in [5.74, 6) is 0.0300. The van der Waals surface area contributed by atoms with Crippen molar-refractivity contribution < 1.29 is 4.79 Å². The number of benzene rings is 2. The van der Waals surface area contributed by atoms with E-state index in [1.165, 1.54) is 0 Å². The van der Waals surface area contributed by atoms with Crippen LogP contribution in [0.25, 0.3) is 0 Å². The molecule has 0 spiro atoms. The Morgan fingerprint density at radius 1 is 1.11 bits per heavy atom. The molecule has 2 nitrogen and oxygen atoms in total. The molecule has 1 unspecified atom stereocenters. The van der Waals surface area contributed by atoms with E-state index in [0.29, 0.717) is 11.4 Å². The Kier molecular flexibility index (Phi) is 3.49. The Morgan fingerprint density at radius 2 is 1.84 bits per heavy atom. The molecular formula is C15H12ClNOS. The summed E-state index contributed by atoms with van der Waals surface area (Å²) in [7, 11) is 0. The van der Waals surface area contributed by atoms with Gasteiger partial charge in [-0.3, -0.25) is 4.79 Å². The van der Waals surface area contributed by atoms with Crippen molar-refractivity contribution in [3.63, 3.8) is 0 Å². The maximum absolute atomic E-state index is 12.0. The number of para-hydroxylation sites is 1. The topological polar surface area (TPSA) is 29.1 Å². The quantitative estimate of drug-likeness (QED) is 0.836. The molecule has 1 amide bonds. The summed E-state index contributed by atoms with van der Waals surface area (Å²) < 4.78 is 0. The van der Waals surface area contributed by atoms with Crippen LogP contribution in [0.3, 0.4) is 0 Å². The predicted octanol–water partition coefficient (Wildman–Crippen LogP) is 4.52. The number of carbonyl (C=O) groups is 1. The zero-order chi connectivity index (χ0) is 13.2. The standard InChI is InChI=1S/C15H12ClNOS/c16-11-6-2-1-5-10(11)14-9-15(18)17-12-7-3-4-8-13(12)19-14/h1-8,14H,9H2,(H,17,18). The molecule has 0 aromatic heterocycles. The minimum atomic E-state index is 0.0300. The Labute approximate surface area is 121 Å². The van der Waals surface area contributed by atoms with Crippen LogP contribution in [-0.2, 0) is 4.79 Å². The minimum Gasteiger partial charge on any atom is -0.325 e. The first-order valence-corrected chi connectivity index (χ1v) is 7.30. The molecule has 0 radical (unpaired) electrons. The van der Waals surface area contributed by atoms with Crippen molar-refractivity contribution in [1.29, 1.82) is 0 Å². The van der Waals surface area contributed by atoms with Crippen LogP contribution in [0.2, 0.25) is 5.02 Å². The van der Waals surface area contributed by atoms with E-state index in [0.717, 1.165) is 16.1 Å². The van der Waals surface area contributed by atoms with E-state index in [1.54, 1.807) is 11.8 Å². The molecule has 96 valence electrons. The summed E-state index contributed by atoms with van der Waals surface area (Å²) in [6.07, 6.45) is 0.434. The van der Waals surface area contributed by atoms with Crippen molar-refractivity contribution in [2.45, 2.75) is 16.6 Å². The summed E-state index contributed by atoms with van der Waals surface area (Å²) in [5, 5.41) is 3.71. The SMILES string of the molecule is O=C1CC(c2ccccc2Cl)Sc2ccccc2N1. The molecule has 1 N–H and O–H groups in total. The minimum absolute atomic E-state index is 0.0300. The summed E-state index contributed by atoms with van der Waals surface area (Å²) in [5.41, 5.74) is 1.90. The Morgan fingerprint density at radius 3 is 2.68 bits per heavy atom. The molecule has 0 bridgehead atoms. The van der Waals surface area contributed by atoms with Crippen LogP contribution in [0, 0.1) is 0 Å². The van der Waals surface area contributed by atoms with Crippen molar-refractivity contribution in [3.05, 3.63) is 59.1 Å². The number of carbonyl (C=O) groups excluding carboxylic acids is 1. The number of nitrogens with one attached hydrogen (secondary N) is 1. The van der Waals surface area contributed by atoms with Gasteiger partial charge in [-0.05, 0) is 23.8 Å². The van der Waals surface area contributed by atoms with Crippen LogP contribution in [0.1, 0.15) is 17.2 Å². The van der Waals surface area contributed by atoms with Crippen LogP contribution in [0.15, 0.2) is 53.4 Å². The molecule has 2 aromatic carbocycles. The molecule has 1 aliphatic heterocycles. The van der Waals surface area contributed by atoms with Crippen LogP contribution in [-0.4, -0.2) is 5.91 Å². The van der Waals surface area contributed by atoms with Gasteiger partial charge < -0.3 is 5.32 Å². The van der Waals surface area contributed by atoms with Gasteiger partial charge in [-0.1, -0.05) is 41.9 Å². The highest BCUT2D eigenvalue weighted by atomic mass is 35.5. The summed E-state index contributed by atoms with van der Waals surface area (Å²) in [6, 6.07) is 15.6. The highest BCUT2D eigenvalue weighted by Gasteiger charge is 2.24. The van der Waals surface area contributed by atoms with Gasteiger partial charge >= 0.3 is 0 Å². The fourth-order valence-corrected chi connectivity index (χ4v) is 3.76. The Balaban J connectivity index is 2.01. The van der Waals surface area contributed by atoms with E-state index in [-0.39, 0.29) is 11.2 Å². The van der Waals surface area contributed by atoms with Gasteiger partial charge in [-0.25, -0.2) is 0 Å². The van der Waals surface area contributed by atoms with E-state index in [1.807, 2.05) is 48.5 Å². The fraction of sp³-hybridized carbons (Fsp3) is 0.133. The van der Waals surface area contributed by atoms with E-state index in [9.17, 15) is 4.79 Å². The molecule has 19 heavy (non-hydrogen) atoms. The number of thioether (sulfide) groups is 1. The lowest BCUT2D eigenvalue weighted by Crippen LogP contribution is -2.12. The largest absolute Gasteiger partial charge is 0.325 e. The smallest absolute Gasteiger partial charge is 0.225 e. The molecule has 0 aliphatic carbocycles. The lowest BCUT2D eigenvalue weighted by atomic mass is 10.1. The Bertz CT molecular complexity index is 629. The second kappa shape index (κ2) is 5.27. The zero-order valence-corrected chi connectivity index (χ0v) is 11.7. The maximum Gasteiger partial charge on any atom is 0.225 e. The second-order valence-electron chi connectivity index (χ2n) is 4.38. The molecule has 4 heteroatoms. The summed E-state index contributed by atoms with van der Waals surface area (Å²) in [6.45, 7) is 0. The van der Waals surface area contributed by atoms with Gasteiger partial charge in [0.05, 0.1) is 5.69 Å². The third-order valence-electron chi connectivity index (χ3n) is 3.05. The van der Waals surface area contributed by atoms with E-state index in [2.05, 4.69) is 5.32 Å². The molecule has 1 heterocycles. The molecular weight excluding hydrogens is 278 g/mol. The molecule has 1 atom stereocenters. The monoisotopic (exact) mass is 289 g/mol. The molecule has 0 saturated carbocycles. The fourth-order valence-electron chi connectivity index (χ4n) is 2.15. The molecule has 0 fully saturated rings. The highest BCUT2D eigenvalue weighted by Crippen LogP contribution is 2.45. The van der Waals surface area contributed by atoms with Gasteiger partial charge in [0.1, 0.15) is 0 Å². The normalized spacial score (nSPS) is 18.4. The van der Waals surface area contributed by atoms with Crippen LogP contribution in [0.5, 0.6) is 0 Å². The molecule has 0 saturated heterocycles. The van der Waals surface area contributed by atoms with Gasteiger partial charge in [-0.15, -0.1) is 11.8 Å². The van der Waals surface area contributed by atoms with Crippen molar-refractivity contribution in [1.82, 2.24) is 0 Å². The first kappa shape index (κ1) is 12.6. The van der Waals surface area contributed by atoms with Crippen molar-refractivity contribution in [2.75, 3.05) is 5.32 Å². The van der Waals surface area contributed by atoms with E-state index < -0.39 is 0 Å². The van der Waals surface area contributed by atoms with Crippen LogP contribution in [0.4, 0.5) is 5.69 Å². The molecule has 2 aromatic rings. The van der Waals surface area contributed by atoms with Crippen LogP contribution < -0.4 is 5.32 Å². The van der Waals surface area contributed by atoms with Crippen molar-refractivity contribution >= 4 is 35.0 Å². The molecule has 3 rings (SSSR count). The van der Waals surface area contributed by atoms with Gasteiger partial charge in [0.2, 0.25) is 5.91 Å². The third kappa shape index (κ3) is 2.62. The Hall–Kier alpha value is -1.45. The van der Waals surface area contributed by atoms with Gasteiger partial charge in [-0.2, -0.15) is 0 Å². The zero-order valence-electron chi connectivity index (χ0n) is 10.1. The number of hydrogen-bond donors (Lipinski definition) is 1. The summed E-state index contributed by atoms with van der Waals surface area (Å²) in [4.78, 5) is 13.1. The average Bonchev–Trinajstić information content (AvgIpc) is 2.57. The van der Waals surface area contributed by atoms with E-state index >= 15 is 0 Å². The highest BCUT2D eigenvalue weighted by molar-refractivity contribution is 7.99. The van der Waals surface area contributed by atoms with Gasteiger partial charge in [0.15, 0.2) is 0 Å². The summed E-state index contributed by atoms with van der Waals surface area (Å²) >= 11 is 7.92. The van der Waals surface area contributed by atoms with Crippen molar-refractivity contribution in [3.8, 4) is 0 Å². The number of rotatable bonds is 1. The predicted molar refractivity (Wildman–Crippen MR) is 79.7 cm³/mol. The van der Waals surface area contributed by atoms with Gasteiger partial charge in [0, 0.05) is 21.6 Å². The second-order valence-corrected chi connectivity index (χ2v) is 6.03.